The molecular weight excluding hydrogens is 336 g/mol. The minimum absolute atomic E-state index is 0.0409. The van der Waals surface area contributed by atoms with Gasteiger partial charge in [-0.1, -0.05) is 0 Å². The van der Waals surface area contributed by atoms with Crippen LogP contribution in [0.2, 0.25) is 0 Å². The summed E-state index contributed by atoms with van der Waals surface area (Å²) in [5.74, 6) is -0.0409. The Morgan fingerprint density at radius 3 is 2.68 bits per heavy atom. The van der Waals surface area contributed by atoms with Crippen molar-refractivity contribution in [3.63, 3.8) is 0 Å². The molecule has 25 heavy (non-hydrogen) atoms. The van der Waals surface area contributed by atoms with Gasteiger partial charge in [0.15, 0.2) is 0 Å². The summed E-state index contributed by atoms with van der Waals surface area (Å²) >= 11 is 1.62. The molecule has 3 rings (SSSR count). The van der Waals surface area contributed by atoms with E-state index in [1.165, 1.54) is 0 Å². The van der Waals surface area contributed by atoms with Crippen molar-refractivity contribution >= 4 is 28.6 Å². The van der Waals surface area contributed by atoms with Crippen LogP contribution in [-0.2, 0) is 22.5 Å². The van der Waals surface area contributed by atoms with Gasteiger partial charge >= 0.3 is 0 Å². The molecule has 0 bridgehead atoms. The maximum absolute atomic E-state index is 12.2. The number of anilines is 2. The molecule has 0 unspecified atom stereocenters. The second-order valence-corrected chi connectivity index (χ2v) is 7.23. The third-order valence-corrected chi connectivity index (χ3v) is 4.95. The molecule has 0 aliphatic carbocycles. The number of aromatic nitrogens is 1. The zero-order valence-electron chi connectivity index (χ0n) is 14.7. The lowest BCUT2D eigenvalue weighted by Crippen LogP contribution is -2.35. The second-order valence-electron chi connectivity index (χ2n) is 6.29. The molecule has 6 nitrogen and oxygen atoms in total. The number of morpholine rings is 1. The predicted octanol–water partition coefficient (Wildman–Crippen LogP) is 2.22. The second kappa shape index (κ2) is 8.42. The van der Waals surface area contributed by atoms with Gasteiger partial charge in [0.1, 0.15) is 5.01 Å². The van der Waals surface area contributed by atoms with Gasteiger partial charge in [-0.15, -0.1) is 11.3 Å². The lowest BCUT2D eigenvalue weighted by Gasteiger charge is -2.25. The van der Waals surface area contributed by atoms with Gasteiger partial charge in [-0.2, -0.15) is 0 Å². The molecule has 2 aromatic rings. The summed E-state index contributed by atoms with van der Waals surface area (Å²) in [6.45, 7) is 4.29. The lowest BCUT2D eigenvalue weighted by atomic mass is 10.2. The van der Waals surface area contributed by atoms with Crippen LogP contribution in [0.4, 0.5) is 11.4 Å². The number of ether oxygens (including phenoxy) is 1. The van der Waals surface area contributed by atoms with Crippen LogP contribution in [0.5, 0.6) is 0 Å². The average molecular weight is 360 g/mol. The molecule has 1 saturated heterocycles. The van der Waals surface area contributed by atoms with E-state index in [0.717, 1.165) is 54.9 Å². The van der Waals surface area contributed by atoms with Gasteiger partial charge in [0.05, 0.1) is 31.9 Å². The van der Waals surface area contributed by atoms with E-state index < -0.39 is 0 Å². The van der Waals surface area contributed by atoms with Gasteiger partial charge in [0.2, 0.25) is 5.91 Å². The van der Waals surface area contributed by atoms with Crippen molar-refractivity contribution in [2.75, 3.05) is 50.6 Å². The first-order chi connectivity index (χ1) is 12.1. The smallest absolute Gasteiger partial charge is 0.230 e. The number of hydrogen-bond acceptors (Lipinski definition) is 6. The molecule has 1 aliphatic rings. The summed E-state index contributed by atoms with van der Waals surface area (Å²) in [6, 6.07) is 7.80. The first kappa shape index (κ1) is 17.8. The standard InChI is InChI=1S/C18H24N4O2S/c1-21(2)16-5-3-14(4-6-16)19-17(23)11-15-13-25-18(20-15)12-22-7-9-24-10-8-22/h3-6,13H,7-12H2,1-2H3,(H,19,23). The minimum Gasteiger partial charge on any atom is -0.379 e. The molecule has 1 fully saturated rings. The number of carbonyl (C=O) groups is 1. The highest BCUT2D eigenvalue weighted by Gasteiger charge is 2.14. The number of nitrogens with zero attached hydrogens (tertiary/aromatic N) is 3. The Morgan fingerprint density at radius 2 is 2.00 bits per heavy atom. The molecule has 1 aliphatic heterocycles. The highest BCUT2D eigenvalue weighted by molar-refractivity contribution is 7.09. The van der Waals surface area contributed by atoms with Gasteiger partial charge < -0.3 is 15.0 Å². The summed E-state index contributed by atoms with van der Waals surface area (Å²) in [5.41, 5.74) is 2.74. The van der Waals surface area contributed by atoms with Crippen LogP contribution in [-0.4, -0.2) is 56.2 Å². The van der Waals surface area contributed by atoms with E-state index in [1.54, 1.807) is 11.3 Å². The van der Waals surface area contributed by atoms with E-state index in [1.807, 2.05) is 48.6 Å². The average Bonchev–Trinajstić information content (AvgIpc) is 3.03. The van der Waals surface area contributed by atoms with Crippen molar-refractivity contribution in [1.82, 2.24) is 9.88 Å². The Bertz CT molecular complexity index is 693. The molecule has 7 heteroatoms. The van der Waals surface area contributed by atoms with Gasteiger partial charge in [-0.05, 0) is 24.3 Å². The van der Waals surface area contributed by atoms with Crippen LogP contribution < -0.4 is 10.2 Å². The number of hydrogen-bond donors (Lipinski definition) is 1. The largest absolute Gasteiger partial charge is 0.379 e. The number of nitrogens with one attached hydrogen (secondary N) is 1. The van der Waals surface area contributed by atoms with Gasteiger partial charge in [-0.3, -0.25) is 9.69 Å². The van der Waals surface area contributed by atoms with Crippen molar-refractivity contribution in [1.29, 1.82) is 0 Å². The Balaban J connectivity index is 1.50. The molecule has 1 aromatic heterocycles. The van der Waals surface area contributed by atoms with Crippen LogP contribution >= 0.6 is 11.3 Å². The first-order valence-corrected chi connectivity index (χ1v) is 9.29. The predicted molar refractivity (Wildman–Crippen MR) is 101 cm³/mol. The molecule has 0 saturated carbocycles. The number of benzene rings is 1. The highest BCUT2D eigenvalue weighted by Crippen LogP contribution is 2.17. The van der Waals surface area contributed by atoms with E-state index in [-0.39, 0.29) is 5.91 Å². The van der Waals surface area contributed by atoms with Crippen LogP contribution in [0, 0.1) is 0 Å². The number of thiazole rings is 1. The van der Waals surface area contributed by atoms with Crippen molar-refractivity contribution in [2.24, 2.45) is 0 Å². The fourth-order valence-electron chi connectivity index (χ4n) is 2.67. The van der Waals surface area contributed by atoms with E-state index in [4.69, 9.17) is 4.74 Å². The molecular formula is C18H24N4O2S. The fourth-order valence-corrected chi connectivity index (χ4v) is 3.50. The zero-order valence-corrected chi connectivity index (χ0v) is 15.5. The first-order valence-electron chi connectivity index (χ1n) is 8.41. The van der Waals surface area contributed by atoms with Gasteiger partial charge in [0.25, 0.3) is 0 Å². The molecule has 1 amide bonds. The molecule has 134 valence electrons. The Labute approximate surface area is 152 Å². The Morgan fingerprint density at radius 1 is 1.28 bits per heavy atom. The minimum atomic E-state index is -0.0409. The molecule has 2 heterocycles. The third-order valence-electron chi connectivity index (χ3n) is 4.07. The maximum atomic E-state index is 12.2. The van der Waals surface area contributed by atoms with E-state index >= 15 is 0 Å². The molecule has 1 aromatic carbocycles. The van der Waals surface area contributed by atoms with Gasteiger partial charge in [-0.25, -0.2) is 4.98 Å². The summed E-state index contributed by atoms with van der Waals surface area (Å²) < 4.78 is 5.36. The summed E-state index contributed by atoms with van der Waals surface area (Å²) in [4.78, 5) is 21.2. The summed E-state index contributed by atoms with van der Waals surface area (Å²) in [7, 11) is 3.98. The Hall–Kier alpha value is -1.96. The zero-order chi connectivity index (χ0) is 17.6. The van der Waals surface area contributed by atoms with Crippen LogP contribution in [0.1, 0.15) is 10.7 Å². The van der Waals surface area contributed by atoms with Crippen LogP contribution in [0.25, 0.3) is 0 Å². The lowest BCUT2D eigenvalue weighted by molar-refractivity contribution is -0.115. The summed E-state index contributed by atoms with van der Waals surface area (Å²) in [6.07, 6.45) is 0.301. The SMILES string of the molecule is CN(C)c1ccc(NC(=O)Cc2csc(CN3CCOCC3)n2)cc1. The maximum Gasteiger partial charge on any atom is 0.230 e. The molecule has 1 N–H and O–H groups in total. The van der Waals surface area contributed by atoms with Gasteiger partial charge in [0, 0.05) is 43.9 Å². The van der Waals surface area contributed by atoms with Crippen molar-refractivity contribution < 1.29 is 9.53 Å². The number of carbonyl (C=O) groups excluding carboxylic acids is 1. The molecule has 0 spiro atoms. The third kappa shape index (κ3) is 5.26. The molecule has 0 atom stereocenters. The van der Waals surface area contributed by atoms with Crippen LogP contribution in [0.15, 0.2) is 29.6 Å². The van der Waals surface area contributed by atoms with E-state index in [0.29, 0.717) is 6.42 Å². The van der Waals surface area contributed by atoms with Crippen molar-refractivity contribution in [3.8, 4) is 0 Å². The van der Waals surface area contributed by atoms with Crippen LogP contribution in [0.3, 0.4) is 0 Å². The Kier molecular flexibility index (Phi) is 6.01. The number of amides is 1. The van der Waals surface area contributed by atoms with Crippen molar-refractivity contribution in [3.05, 3.63) is 40.3 Å². The van der Waals surface area contributed by atoms with E-state index in [9.17, 15) is 4.79 Å². The highest BCUT2D eigenvalue weighted by atomic mass is 32.1. The van der Waals surface area contributed by atoms with Crippen molar-refractivity contribution in [2.45, 2.75) is 13.0 Å². The van der Waals surface area contributed by atoms with E-state index in [2.05, 4.69) is 15.2 Å². The normalized spacial score (nSPS) is 15.1. The quantitative estimate of drug-likeness (QED) is 0.856. The number of rotatable bonds is 6. The summed E-state index contributed by atoms with van der Waals surface area (Å²) in [5, 5.41) is 5.96. The fraction of sp³-hybridized carbons (Fsp3) is 0.444. The monoisotopic (exact) mass is 360 g/mol. The molecule has 0 radical (unpaired) electrons. The topological polar surface area (TPSA) is 57.7 Å².